The van der Waals surface area contributed by atoms with Crippen molar-refractivity contribution >= 4 is 25.0 Å². The molecule has 1 rings (SSSR count). The first-order chi connectivity index (χ1) is 8.51. The third kappa shape index (κ3) is 4.49. The molecule has 2 radical (unpaired) electrons. The number of nitrogens with one attached hydrogen (secondary N) is 1. The average molecular weight is 248 g/mol. The second-order valence-electron chi connectivity index (χ2n) is 4.09. The molecule has 1 aromatic rings. The molecule has 0 saturated carbocycles. The molecule has 0 bridgehead atoms. The first-order valence-corrected chi connectivity index (χ1v) is 5.70. The molecule has 1 unspecified atom stereocenters. The molecule has 1 atom stereocenters. The monoisotopic (exact) mass is 248 g/mol. The number of esters is 1. The summed E-state index contributed by atoms with van der Waals surface area (Å²) < 4.78 is 4.73. The number of benzene rings is 1. The van der Waals surface area contributed by atoms with Crippen LogP contribution in [0.3, 0.4) is 0 Å². The Bertz CT molecular complexity index is 457. The Kier molecular flexibility index (Phi) is 7.67. The van der Waals surface area contributed by atoms with Crippen LogP contribution in [0.1, 0.15) is 18.9 Å². The van der Waals surface area contributed by atoms with Gasteiger partial charge in [-0.3, -0.25) is 0 Å². The smallest absolute Gasteiger partial charge is 0.698 e. The zero-order valence-corrected chi connectivity index (χ0v) is 11.7. The molecular formula is C14H16BLiNO2-. The largest absolute Gasteiger partial charge is 1.00 e. The van der Waals surface area contributed by atoms with Crippen LogP contribution >= 0.6 is 0 Å². The van der Waals surface area contributed by atoms with Crippen molar-refractivity contribution in [3.05, 3.63) is 48.1 Å². The summed E-state index contributed by atoms with van der Waals surface area (Å²) in [7, 11) is 6.91. The maximum atomic E-state index is 11.7. The molecule has 19 heavy (non-hydrogen) atoms. The molecule has 3 nitrogen and oxygen atoms in total. The Labute approximate surface area is 128 Å². The van der Waals surface area contributed by atoms with E-state index in [2.05, 4.69) is 6.92 Å². The summed E-state index contributed by atoms with van der Waals surface area (Å²) in [6.45, 7) is 5.62. The molecular weight excluding hydrogens is 232 g/mol. The maximum absolute atomic E-state index is 11.7. The van der Waals surface area contributed by atoms with Gasteiger partial charge >= 0.3 is 24.8 Å². The Morgan fingerprint density at radius 2 is 1.95 bits per heavy atom. The molecule has 0 spiro atoms. The van der Waals surface area contributed by atoms with Gasteiger partial charge in [0.05, 0.1) is 7.11 Å². The Morgan fingerprint density at radius 1 is 1.42 bits per heavy atom. The molecule has 1 aromatic carbocycles. The van der Waals surface area contributed by atoms with Crippen molar-refractivity contribution < 1.29 is 28.4 Å². The van der Waals surface area contributed by atoms with E-state index in [-0.39, 0.29) is 30.5 Å². The standard InChI is InChI=1S/C14H17BNO2.Li/c1-4-9(2)12(14(17)18-3)13(16)10-5-7-11(15)8-6-10;/h5-9H,1,4H2,2-3H3,(H2,16,17);/q-1;+1/p-1. The summed E-state index contributed by atoms with van der Waals surface area (Å²) >= 11 is 0. The van der Waals surface area contributed by atoms with Crippen molar-refractivity contribution in [2.45, 2.75) is 13.3 Å². The van der Waals surface area contributed by atoms with Crippen LogP contribution in [0, 0.1) is 12.8 Å². The fourth-order valence-electron chi connectivity index (χ4n) is 1.61. The normalized spacial score (nSPS) is 13.0. The summed E-state index contributed by atoms with van der Waals surface area (Å²) in [5.41, 5.74) is 9.89. The number of hydrogen-bond acceptors (Lipinski definition) is 2. The quantitative estimate of drug-likeness (QED) is 0.305. The van der Waals surface area contributed by atoms with Crippen molar-refractivity contribution in [2.24, 2.45) is 5.92 Å². The van der Waals surface area contributed by atoms with Gasteiger partial charge in [-0.05, 0) is 11.5 Å². The molecule has 0 amide bonds. The summed E-state index contributed by atoms with van der Waals surface area (Å²) in [5.74, 6) is -0.601. The molecule has 0 aliphatic heterocycles. The first kappa shape index (κ1) is 17.9. The second kappa shape index (κ2) is 8.14. The van der Waals surface area contributed by atoms with E-state index >= 15 is 0 Å². The van der Waals surface area contributed by atoms with Gasteiger partial charge in [0.1, 0.15) is 7.85 Å². The van der Waals surface area contributed by atoms with E-state index in [0.29, 0.717) is 23.0 Å². The minimum absolute atomic E-state index is 0. The molecule has 0 fully saturated rings. The predicted octanol–water partition coefficient (Wildman–Crippen LogP) is -0.719. The molecule has 0 aliphatic rings. The van der Waals surface area contributed by atoms with Crippen molar-refractivity contribution in [2.75, 3.05) is 7.11 Å². The van der Waals surface area contributed by atoms with E-state index < -0.39 is 5.97 Å². The second-order valence-corrected chi connectivity index (χ2v) is 4.09. The van der Waals surface area contributed by atoms with Gasteiger partial charge in [0, 0.05) is 5.57 Å². The van der Waals surface area contributed by atoms with Crippen LogP contribution in [-0.4, -0.2) is 20.9 Å². The van der Waals surface area contributed by atoms with E-state index in [4.69, 9.17) is 18.3 Å². The van der Waals surface area contributed by atoms with Crippen molar-refractivity contribution in [1.82, 2.24) is 0 Å². The predicted molar refractivity (Wildman–Crippen MR) is 74.2 cm³/mol. The molecule has 0 saturated heterocycles. The molecule has 1 N–H and O–H groups in total. The van der Waals surface area contributed by atoms with Gasteiger partial charge in [-0.1, -0.05) is 36.7 Å². The van der Waals surface area contributed by atoms with Crippen molar-refractivity contribution in [3.63, 3.8) is 0 Å². The topological polar surface area (TPSA) is 50.1 Å². The SMILES string of the molecule is [B]c1ccc(/C([NH-])=C(\C(=O)OC)C(C)C[CH2-])cc1.[Li+]. The fourth-order valence-corrected chi connectivity index (χ4v) is 1.61. The molecule has 0 aromatic heterocycles. The number of ether oxygens (including phenoxy) is 1. The van der Waals surface area contributed by atoms with Crippen LogP contribution in [0.15, 0.2) is 29.8 Å². The Hall–Kier alpha value is -1.11. The van der Waals surface area contributed by atoms with Crippen LogP contribution in [-0.2, 0) is 9.53 Å². The Balaban J connectivity index is 0.00000324. The average Bonchev–Trinajstić information content (AvgIpc) is 2.39. The van der Waals surface area contributed by atoms with E-state index in [9.17, 15) is 4.79 Å². The minimum atomic E-state index is -0.479. The fraction of sp³-hybridized carbons (Fsp3) is 0.286. The minimum Gasteiger partial charge on any atom is -0.698 e. The summed E-state index contributed by atoms with van der Waals surface area (Å²) in [4.78, 5) is 11.7. The number of methoxy groups -OCH3 is 1. The Morgan fingerprint density at radius 3 is 2.37 bits per heavy atom. The first-order valence-electron chi connectivity index (χ1n) is 5.70. The van der Waals surface area contributed by atoms with E-state index in [1.807, 2.05) is 6.92 Å². The summed E-state index contributed by atoms with van der Waals surface area (Å²) in [6.07, 6.45) is 0.530. The number of rotatable bonds is 4. The molecule has 0 aliphatic carbocycles. The van der Waals surface area contributed by atoms with Gasteiger partial charge in [0.15, 0.2) is 0 Å². The number of hydrogen-bond donors (Lipinski definition) is 0. The van der Waals surface area contributed by atoms with Gasteiger partial charge in [0.2, 0.25) is 0 Å². The third-order valence-electron chi connectivity index (χ3n) is 2.80. The number of carbonyl (C=O) groups is 1. The zero-order chi connectivity index (χ0) is 13.7. The van der Waals surface area contributed by atoms with E-state index in [0.717, 1.165) is 0 Å². The summed E-state index contributed by atoms with van der Waals surface area (Å²) in [5, 5.41) is 0. The number of carbonyl (C=O) groups excluding carboxylic acids is 1. The van der Waals surface area contributed by atoms with E-state index in [1.165, 1.54) is 7.11 Å². The van der Waals surface area contributed by atoms with Crippen molar-refractivity contribution in [3.8, 4) is 0 Å². The van der Waals surface area contributed by atoms with Crippen LogP contribution in [0.4, 0.5) is 0 Å². The van der Waals surface area contributed by atoms with Gasteiger partial charge < -0.3 is 17.4 Å². The molecule has 5 heteroatoms. The molecule has 94 valence electrons. The van der Waals surface area contributed by atoms with Gasteiger partial charge in [-0.25, -0.2) is 4.79 Å². The van der Waals surface area contributed by atoms with E-state index in [1.54, 1.807) is 24.3 Å². The van der Waals surface area contributed by atoms with Gasteiger partial charge in [0.25, 0.3) is 0 Å². The van der Waals surface area contributed by atoms with Crippen LogP contribution in [0.2, 0.25) is 0 Å². The van der Waals surface area contributed by atoms with Crippen LogP contribution < -0.4 is 24.3 Å². The summed E-state index contributed by atoms with van der Waals surface area (Å²) in [6, 6.07) is 6.84. The van der Waals surface area contributed by atoms with Gasteiger partial charge in [-0.15, -0.1) is 5.70 Å². The maximum Gasteiger partial charge on any atom is 1.00 e. The third-order valence-corrected chi connectivity index (χ3v) is 2.80. The van der Waals surface area contributed by atoms with Crippen molar-refractivity contribution in [1.29, 1.82) is 0 Å². The zero-order valence-electron chi connectivity index (χ0n) is 11.7. The van der Waals surface area contributed by atoms with Crippen LogP contribution in [0.5, 0.6) is 0 Å². The molecule has 0 heterocycles. The van der Waals surface area contributed by atoms with Crippen LogP contribution in [0.25, 0.3) is 11.4 Å². The van der Waals surface area contributed by atoms with Gasteiger partial charge in [-0.2, -0.15) is 6.42 Å².